The van der Waals surface area contributed by atoms with Crippen LogP contribution in [0.3, 0.4) is 0 Å². The molecule has 0 aliphatic carbocycles. The van der Waals surface area contributed by atoms with E-state index in [-0.39, 0.29) is 17.9 Å². The van der Waals surface area contributed by atoms with E-state index in [0.717, 1.165) is 38.6 Å². The molecule has 0 heterocycles. The highest BCUT2D eigenvalue weighted by Gasteiger charge is 2.15. The molecule has 8 nitrogen and oxygen atoms in total. The Morgan fingerprint density at radius 1 is 0.913 bits per heavy atom. The van der Waals surface area contributed by atoms with Gasteiger partial charge >= 0.3 is 0 Å². The molecule has 0 aromatic carbocycles. The summed E-state index contributed by atoms with van der Waals surface area (Å²) in [7, 11) is 5.36. The first kappa shape index (κ1) is 21.8. The maximum absolute atomic E-state index is 12.0. The smallest absolute Gasteiger partial charge is 0.250 e. The fourth-order valence-corrected chi connectivity index (χ4v) is 2.23. The molecule has 0 aliphatic rings. The molecule has 23 heavy (non-hydrogen) atoms. The Hall–Kier alpha value is -1.22. The van der Waals surface area contributed by atoms with Gasteiger partial charge in [0.05, 0.1) is 12.1 Å². The van der Waals surface area contributed by atoms with Gasteiger partial charge in [0.2, 0.25) is 5.91 Å². The maximum atomic E-state index is 12.0. The van der Waals surface area contributed by atoms with E-state index in [9.17, 15) is 9.59 Å². The van der Waals surface area contributed by atoms with Crippen LogP contribution in [0.25, 0.3) is 0 Å². The molecule has 0 aliphatic heterocycles. The number of likely N-dealkylation sites (N-methyl/N-ethyl adjacent to an activating group) is 1. The van der Waals surface area contributed by atoms with E-state index in [0.29, 0.717) is 13.0 Å². The Kier molecular flexibility index (Phi) is 13.6. The maximum Gasteiger partial charge on any atom is 0.250 e. The Bertz CT molecular complexity index is 327. The van der Waals surface area contributed by atoms with Crippen molar-refractivity contribution in [2.24, 2.45) is 5.73 Å². The average molecular weight is 330 g/mol. The highest BCUT2D eigenvalue weighted by Crippen LogP contribution is 2.02. The van der Waals surface area contributed by atoms with Gasteiger partial charge in [-0.2, -0.15) is 0 Å². The number of hydrogen-bond donors (Lipinski definition) is 6. The predicted octanol–water partition coefficient (Wildman–Crippen LogP) is -1.17. The molecular weight excluding hydrogens is 296 g/mol. The highest BCUT2D eigenvalue weighted by atomic mass is 16.2. The van der Waals surface area contributed by atoms with Crippen molar-refractivity contribution in [3.05, 3.63) is 0 Å². The summed E-state index contributed by atoms with van der Waals surface area (Å²) in [5, 5.41) is 9.08. The van der Waals surface area contributed by atoms with E-state index in [1.807, 2.05) is 14.1 Å². The van der Waals surface area contributed by atoms with Crippen molar-refractivity contribution in [3.8, 4) is 0 Å². The van der Waals surface area contributed by atoms with Crippen molar-refractivity contribution < 1.29 is 9.59 Å². The number of carbonyl (C=O) groups excluding carboxylic acids is 2. The van der Waals surface area contributed by atoms with Crippen molar-refractivity contribution in [1.29, 1.82) is 0 Å². The molecule has 0 bridgehead atoms. The van der Waals surface area contributed by atoms with Crippen LogP contribution in [0, 0.1) is 0 Å². The lowest BCUT2D eigenvalue weighted by atomic mass is 10.1. The third-order valence-corrected chi connectivity index (χ3v) is 3.66. The van der Waals surface area contributed by atoms with Crippen LogP contribution in [0.1, 0.15) is 38.5 Å². The van der Waals surface area contributed by atoms with Crippen LogP contribution in [-0.4, -0.2) is 58.1 Å². The second-order valence-corrected chi connectivity index (χ2v) is 5.57. The van der Waals surface area contributed by atoms with Gasteiger partial charge in [0.15, 0.2) is 0 Å². The Morgan fingerprint density at radius 3 is 2.17 bits per heavy atom. The lowest BCUT2D eigenvalue weighted by Gasteiger charge is -2.16. The van der Waals surface area contributed by atoms with E-state index >= 15 is 0 Å². The fraction of sp³-hybridized carbons (Fsp3) is 0.867. The monoisotopic (exact) mass is 330 g/mol. The zero-order valence-electron chi connectivity index (χ0n) is 14.7. The average Bonchev–Trinajstić information content (AvgIpc) is 2.54. The molecule has 0 radical (unpaired) electrons. The largest absolute Gasteiger partial charge is 0.355 e. The van der Waals surface area contributed by atoms with Crippen molar-refractivity contribution >= 4 is 11.8 Å². The molecule has 7 N–H and O–H groups in total. The van der Waals surface area contributed by atoms with Gasteiger partial charge in [0.1, 0.15) is 0 Å². The summed E-state index contributed by atoms with van der Waals surface area (Å²) < 4.78 is 0. The van der Waals surface area contributed by atoms with Crippen LogP contribution in [0.5, 0.6) is 0 Å². The summed E-state index contributed by atoms with van der Waals surface area (Å²) in [5.41, 5.74) is 10.8. The third kappa shape index (κ3) is 11.0. The first-order chi connectivity index (χ1) is 11.1. The van der Waals surface area contributed by atoms with Gasteiger partial charge in [0.25, 0.3) is 5.91 Å². The normalized spacial score (nSPS) is 13.4. The molecule has 2 atom stereocenters. The van der Waals surface area contributed by atoms with E-state index < -0.39 is 6.04 Å². The molecular formula is C15H34N6O2. The molecule has 2 amide bonds. The number of carbonyl (C=O) groups is 2. The molecule has 0 spiro atoms. The second-order valence-electron chi connectivity index (χ2n) is 5.57. The van der Waals surface area contributed by atoms with Crippen molar-refractivity contribution in [1.82, 2.24) is 26.8 Å². The number of unbranched alkanes of at least 4 members (excludes halogenated alkanes) is 2. The predicted molar refractivity (Wildman–Crippen MR) is 92.7 cm³/mol. The van der Waals surface area contributed by atoms with E-state index in [4.69, 9.17) is 5.73 Å². The summed E-state index contributed by atoms with van der Waals surface area (Å²) in [6, 6.07) is -0.661. The van der Waals surface area contributed by atoms with Gasteiger partial charge in [-0.3, -0.25) is 15.0 Å². The minimum Gasteiger partial charge on any atom is -0.355 e. The van der Waals surface area contributed by atoms with Crippen LogP contribution in [-0.2, 0) is 9.59 Å². The number of hydrogen-bond acceptors (Lipinski definition) is 6. The van der Waals surface area contributed by atoms with E-state index in [2.05, 4.69) is 26.8 Å². The number of rotatable bonds is 14. The minimum absolute atomic E-state index is 0.0363. The first-order valence-electron chi connectivity index (χ1n) is 8.38. The number of amides is 2. The molecule has 0 aromatic heterocycles. The fourth-order valence-electron chi connectivity index (χ4n) is 2.23. The molecule has 8 heteroatoms. The molecule has 0 saturated heterocycles. The van der Waals surface area contributed by atoms with E-state index in [1.165, 1.54) is 0 Å². The first-order valence-corrected chi connectivity index (χ1v) is 8.38. The summed E-state index contributed by atoms with van der Waals surface area (Å²) in [6.07, 6.45) is 5.11. The number of nitrogens with two attached hydrogens (primary N) is 1. The van der Waals surface area contributed by atoms with Crippen molar-refractivity contribution in [2.45, 2.75) is 50.6 Å². The highest BCUT2D eigenvalue weighted by molar-refractivity contribution is 5.81. The Labute approximate surface area is 139 Å². The third-order valence-electron chi connectivity index (χ3n) is 3.66. The number of nitrogens with one attached hydrogen (secondary N) is 5. The van der Waals surface area contributed by atoms with Crippen molar-refractivity contribution in [2.75, 3.05) is 34.2 Å². The van der Waals surface area contributed by atoms with Crippen LogP contribution in [0.4, 0.5) is 0 Å². The van der Waals surface area contributed by atoms with Gasteiger partial charge in [-0.1, -0.05) is 6.42 Å². The Morgan fingerprint density at radius 2 is 1.57 bits per heavy atom. The molecule has 0 rings (SSSR count). The molecule has 0 saturated carbocycles. The van der Waals surface area contributed by atoms with Crippen molar-refractivity contribution in [3.63, 3.8) is 0 Å². The number of hydrazine groups is 1. The van der Waals surface area contributed by atoms with Gasteiger partial charge < -0.3 is 21.7 Å². The summed E-state index contributed by atoms with van der Waals surface area (Å²) in [6.45, 7) is 1.58. The van der Waals surface area contributed by atoms with Crippen LogP contribution in [0.15, 0.2) is 0 Å². The SMILES string of the molecule is CNCCCCC(NC)C(=O)NCCCCC(N)C(=O)NNC. The van der Waals surface area contributed by atoms with E-state index in [1.54, 1.807) is 7.05 Å². The van der Waals surface area contributed by atoms with Gasteiger partial charge in [-0.15, -0.1) is 0 Å². The molecule has 2 unspecified atom stereocenters. The summed E-state index contributed by atoms with van der Waals surface area (Å²) in [4.78, 5) is 23.5. The van der Waals surface area contributed by atoms with Crippen LogP contribution < -0.4 is 32.5 Å². The van der Waals surface area contributed by atoms with Crippen LogP contribution >= 0.6 is 0 Å². The van der Waals surface area contributed by atoms with Gasteiger partial charge in [-0.25, -0.2) is 5.43 Å². The van der Waals surface area contributed by atoms with Gasteiger partial charge in [0, 0.05) is 13.6 Å². The zero-order valence-corrected chi connectivity index (χ0v) is 14.7. The summed E-state index contributed by atoms with van der Waals surface area (Å²) >= 11 is 0. The second kappa shape index (κ2) is 14.4. The topological polar surface area (TPSA) is 120 Å². The minimum atomic E-state index is -0.518. The zero-order chi connectivity index (χ0) is 17.5. The molecule has 0 fully saturated rings. The lowest BCUT2D eigenvalue weighted by Crippen LogP contribution is -2.45. The van der Waals surface area contributed by atoms with Gasteiger partial charge in [-0.05, 0) is 52.7 Å². The quantitative estimate of drug-likeness (QED) is 0.176. The molecule has 0 aromatic rings. The summed E-state index contributed by atoms with van der Waals surface area (Å²) in [5.74, 6) is -0.178. The molecule has 136 valence electrons. The standard InChI is InChI=1S/C15H34N6O2/c1-17-10-6-5-9-13(18-2)15(23)20-11-7-4-8-12(16)14(22)21-19-3/h12-13,17-19H,4-11,16H2,1-3H3,(H,20,23)(H,21,22). The van der Waals surface area contributed by atoms with Crippen LogP contribution in [0.2, 0.25) is 0 Å². The lowest BCUT2D eigenvalue weighted by molar-refractivity contribution is -0.124. The Balaban J connectivity index is 3.76.